The fourth-order valence-corrected chi connectivity index (χ4v) is 4.07. The maximum absolute atomic E-state index is 12.5. The van der Waals surface area contributed by atoms with Crippen molar-refractivity contribution in [2.24, 2.45) is 23.5 Å². The molecule has 0 aliphatic heterocycles. The number of rotatable bonds is 5. The minimum Gasteiger partial charge on any atom is -0.475 e. The lowest BCUT2D eigenvalue weighted by Gasteiger charge is -2.26. The predicted octanol–water partition coefficient (Wildman–Crippen LogP) is 2.62. The van der Waals surface area contributed by atoms with E-state index < -0.39 is 11.7 Å². The number of amides is 1. The molecule has 1 heterocycles. The normalized spacial score (nSPS) is 28.2. The number of hydrogen-bond acceptors (Lipinski definition) is 4. The molecule has 3 N–H and O–H groups in total. The lowest BCUT2D eigenvalue weighted by atomic mass is 9.84. The van der Waals surface area contributed by atoms with Gasteiger partial charge >= 0.3 is 6.18 Å². The van der Waals surface area contributed by atoms with Crippen molar-refractivity contribution in [3.63, 3.8) is 0 Å². The molecule has 0 radical (unpaired) electrons. The van der Waals surface area contributed by atoms with Gasteiger partial charge in [-0.3, -0.25) is 4.79 Å². The number of hydrogen-bond donors (Lipinski definition) is 2. The molecule has 0 aromatic carbocycles. The van der Waals surface area contributed by atoms with E-state index in [2.05, 4.69) is 10.3 Å². The van der Waals surface area contributed by atoms with Crippen molar-refractivity contribution in [1.82, 2.24) is 10.3 Å². The van der Waals surface area contributed by atoms with E-state index in [1.807, 2.05) is 0 Å². The van der Waals surface area contributed by atoms with Crippen LogP contribution >= 0.6 is 11.6 Å². The third-order valence-corrected chi connectivity index (χ3v) is 5.33. The fraction of sp³-hybridized carbons (Fsp3) is 0.625. The van der Waals surface area contributed by atoms with E-state index >= 15 is 0 Å². The van der Waals surface area contributed by atoms with Gasteiger partial charge in [-0.1, -0.05) is 11.6 Å². The highest BCUT2D eigenvalue weighted by molar-refractivity contribution is 6.31. The van der Waals surface area contributed by atoms with Crippen molar-refractivity contribution in [2.75, 3.05) is 13.2 Å². The number of carbonyl (C=O) groups excluding carboxylic acids is 1. The second-order valence-electron chi connectivity index (χ2n) is 6.58. The second kappa shape index (κ2) is 6.99. The summed E-state index contributed by atoms with van der Waals surface area (Å²) in [7, 11) is 0. The average Bonchev–Trinajstić information content (AvgIpc) is 3.12. The lowest BCUT2D eigenvalue weighted by Crippen LogP contribution is -2.46. The molecule has 2 bridgehead atoms. The summed E-state index contributed by atoms with van der Waals surface area (Å²) in [5.74, 6) is 0.445. The minimum absolute atomic E-state index is 0.0554. The number of pyridine rings is 1. The highest BCUT2D eigenvalue weighted by Gasteiger charge is 2.48. The summed E-state index contributed by atoms with van der Waals surface area (Å²) < 4.78 is 42.9. The Morgan fingerprint density at radius 2 is 2.12 bits per heavy atom. The lowest BCUT2D eigenvalue weighted by molar-refractivity contribution is -0.137. The van der Waals surface area contributed by atoms with Gasteiger partial charge in [0.25, 0.3) is 0 Å². The van der Waals surface area contributed by atoms with Crippen LogP contribution in [-0.2, 0) is 11.0 Å². The number of nitrogens with two attached hydrogens (primary N) is 1. The van der Waals surface area contributed by atoms with Gasteiger partial charge in [0.1, 0.15) is 11.6 Å². The molecular formula is C16H19ClF3N3O2. The van der Waals surface area contributed by atoms with Crippen molar-refractivity contribution >= 4 is 17.5 Å². The molecule has 25 heavy (non-hydrogen) atoms. The molecule has 4 unspecified atom stereocenters. The SMILES string of the molecule is NC1C2CCC(C2)C1C(=O)NCCOc1ncc(C(F)(F)F)cc1Cl. The van der Waals surface area contributed by atoms with Crippen LogP contribution in [0, 0.1) is 17.8 Å². The summed E-state index contributed by atoms with van der Waals surface area (Å²) in [6.45, 7) is 0.262. The van der Waals surface area contributed by atoms with Gasteiger partial charge in [-0.2, -0.15) is 13.2 Å². The van der Waals surface area contributed by atoms with Crippen molar-refractivity contribution in [2.45, 2.75) is 31.5 Å². The Morgan fingerprint density at radius 3 is 2.72 bits per heavy atom. The molecule has 2 saturated carbocycles. The smallest absolute Gasteiger partial charge is 0.417 e. The van der Waals surface area contributed by atoms with Crippen LogP contribution in [0.25, 0.3) is 0 Å². The third-order valence-electron chi connectivity index (χ3n) is 5.06. The number of alkyl halides is 3. The zero-order chi connectivity index (χ0) is 18.2. The molecule has 138 valence electrons. The van der Waals surface area contributed by atoms with E-state index in [0.29, 0.717) is 18.0 Å². The molecule has 4 atom stereocenters. The Kier molecular flexibility index (Phi) is 5.11. The Balaban J connectivity index is 1.46. The fourth-order valence-electron chi connectivity index (χ4n) is 3.85. The number of halogens is 4. The number of nitrogens with zero attached hydrogens (tertiary/aromatic N) is 1. The van der Waals surface area contributed by atoms with Gasteiger partial charge in [0.15, 0.2) is 0 Å². The molecule has 1 aromatic heterocycles. The van der Waals surface area contributed by atoms with E-state index in [9.17, 15) is 18.0 Å². The molecule has 2 aliphatic rings. The molecule has 2 fully saturated rings. The second-order valence-corrected chi connectivity index (χ2v) is 6.99. The van der Waals surface area contributed by atoms with E-state index in [1.54, 1.807) is 0 Å². The number of ether oxygens (including phenoxy) is 1. The van der Waals surface area contributed by atoms with Crippen LogP contribution in [0.15, 0.2) is 12.3 Å². The Labute approximate surface area is 148 Å². The van der Waals surface area contributed by atoms with Crippen molar-refractivity contribution < 1.29 is 22.7 Å². The summed E-state index contributed by atoms with van der Waals surface area (Å²) in [6, 6.07) is 0.669. The number of fused-ring (bicyclic) bond motifs is 2. The van der Waals surface area contributed by atoms with Gasteiger partial charge in [0, 0.05) is 12.2 Å². The first-order valence-electron chi connectivity index (χ1n) is 8.16. The molecule has 0 spiro atoms. The molecule has 9 heteroatoms. The summed E-state index contributed by atoms with van der Waals surface area (Å²) in [4.78, 5) is 15.8. The molecule has 1 amide bonds. The highest BCUT2D eigenvalue weighted by Crippen LogP contribution is 2.47. The van der Waals surface area contributed by atoms with Crippen LogP contribution in [0.4, 0.5) is 13.2 Å². The first kappa shape index (κ1) is 18.3. The first-order chi connectivity index (χ1) is 11.8. The minimum atomic E-state index is -4.51. The molecule has 3 rings (SSSR count). The predicted molar refractivity (Wildman–Crippen MR) is 85.1 cm³/mol. The van der Waals surface area contributed by atoms with Crippen LogP contribution < -0.4 is 15.8 Å². The number of carbonyl (C=O) groups is 1. The molecule has 5 nitrogen and oxygen atoms in total. The molecule has 2 aliphatic carbocycles. The Bertz CT molecular complexity index is 654. The van der Waals surface area contributed by atoms with E-state index in [1.165, 1.54) is 0 Å². The molecule has 0 saturated heterocycles. The van der Waals surface area contributed by atoms with Crippen molar-refractivity contribution in [3.05, 3.63) is 22.8 Å². The quantitative estimate of drug-likeness (QED) is 0.773. The number of aromatic nitrogens is 1. The van der Waals surface area contributed by atoms with Gasteiger partial charge < -0.3 is 15.8 Å². The Morgan fingerprint density at radius 1 is 1.40 bits per heavy atom. The van der Waals surface area contributed by atoms with Gasteiger partial charge in [-0.25, -0.2) is 4.98 Å². The summed E-state index contributed by atoms with van der Waals surface area (Å²) in [5.41, 5.74) is 5.18. The van der Waals surface area contributed by atoms with E-state index in [4.69, 9.17) is 22.1 Å². The van der Waals surface area contributed by atoms with E-state index in [0.717, 1.165) is 25.3 Å². The number of nitrogens with one attached hydrogen (secondary N) is 1. The van der Waals surface area contributed by atoms with Gasteiger partial charge in [0.05, 0.1) is 18.0 Å². The third kappa shape index (κ3) is 3.84. The maximum Gasteiger partial charge on any atom is 0.417 e. The van der Waals surface area contributed by atoms with Crippen LogP contribution in [0.2, 0.25) is 5.02 Å². The summed E-state index contributed by atoms with van der Waals surface area (Å²) in [6.07, 6.45) is -0.702. The zero-order valence-electron chi connectivity index (χ0n) is 13.4. The monoisotopic (exact) mass is 377 g/mol. The van der Waals surface area contributed by atoms with Gasteiger partial charge in [-0.05, 0) is 37.2 Å². The van der Waals surface area contributed by atoms with Gasteiger partial charge in [0.2, 0.25) is 11.8 Å². The average molecular weight is 378 g/mol. The van der Waals surface area contributed by atoms with E-state index in [-0.39, 0.29) is 41.9 Å². The molecule has 1 aromatic rings. The van der Waals surface area contributed by atoms with Crippen LogP contribution in [-0.4, -0.2) is 30.1 Å². The summed E-state index contributed by atoms with van der Waals surface area (Å²) >= 11 is 5.75. The summed E-state index contributed by atoms with van der Waals surface area (Å²) in [5, 5.41) is 2.54. The standard InChI is InChI=1S/C16H19ClF3N3O2/c17-11-6-10(16(18,19)20)7-23-15(11)25-4-3-22-14(24)12-8-1-2-9(5-8)13(12)21/h6-9,12-13H,1-5,21H2,(H,22,24). The maximum atomic E-state index is 12.5. The van der Waals surface area contributed by atoms with Crippen LogP contribution in [0.5, 0.6) is 5.88 Å². The zero-order valence-corrected chi connectivity index (χ0v) is 14.1. The topological polar surface area (TPSA) is 77.2 Å². The van der Waals surface area contributed by atoms with Crippen LogP contribution in [0.3, 0.4) is 0 Å². The first-order valence-corrected chi connectivity index (χ1v) is 8.54. The van der Waals surface area contributed by atoms with Crippen molar-refractivity contribution in [3.8, 4) is 5.88 Å². The molecular weight excluding hydrogens is 359 g/mol. The Hall–Kier alpha value is -1.54. The largest absolute Gasteiger partial charge is 0.475 e. The van der Waals surface area contributed by atoms with Crippen LogP contribution in [0.1, 0.15) is 24.8 Å². The van der Waals surface area contributed by atoms with Crippen molar-refractivity contribution in [1.29, 1.82) is 0 Å². The van der Waals surface area contributed by atoms with Gasteiger partial charge in [-0.15, -0.1) is 0 Å². The highest BCUT2D eigenvalue weighted by atomic mass is 35.5.